The molecule has 1 aliphatic heterocycles. The van der Waals surface area contributed by atoms with Crippen LogP contribution in [-0.4, -0.2) is 30.5 Å². The number of hydrogen-bond donors (Lipinski definition) is 0. The summed E-state index contributed by atoms with van der Waals surface area (Å²) in [6.07, 6.45) is 10.8. The van der Waals surface area contributed by atoms with E-state index in [-0.39, 0.29) is 17.1 Å². The Bertz CT molecular complexity index is 1360. The molecule has 1 atom stereocenters. The average Bonchev–Trinajstić information content (AvgIpc) is 3.38. The van der Waals surface area contributed by atoms with E-state index in [4.69, 9.17) is 11.6 Å². The zero-order valence-corrected chi connectivity index (χ0v) is 21.0. The number of rotatable bonds is 7. The molecule has 0 N–H and O–H groups in total. The Balaban J connectivity index is 1.27. The Kier molecular flexibility index (Phi) is 6.24. The number of pyridine rings is 3. The lowest BCUT2D eigenvalue weighted by atomic mass is 9.89. The van der Waals surface area contributed by atoms with E-state index in [9.17, 15) is 4.79 Å². The van der Waals surface area contributed by atoms with Gasteiger partial charge in [0.2, 0.25) is 0 Å². The maximum atomic E-state index is 13.0. The van der Waals surface area contributed by atoms with Gasteiger partial charge in [-0.1, -0.05) is 38.4 Å². The predicted octanol–water partition coefficient (Wildman–Crippen LogP) is 5.94. The average molecular weight is 486 g/mol. The van der Waals surface area contributed by atoms with Gasteiger partial charge in [-0.2, -0.15) is 5.10 Å². The topological polar surface area (TPSA) is 73.6 Å². The molecule has 0 saturated heterocycles. The van der Waals surface area contributed by atoms with Gasteiger partial charge in [0.05, 0.1) is 16.9 Å². The summed E-state index contributed by atoms with van der Waals surface area (Å²) in [5.74, 6) is -0.0780. The molecule has 0 bridgehead atoms. The van der Waals surface area contributed by atoms with Crippen molar-refractivity contribution in [2.24, 2.45) is 5.41 Å². The number of Topliss-reactive ketones (excluding diaryl/α,β-unsaturated/α-hetero) is 1. The minimum absolute atomic E-state index is 0.160. The van der Waals surface area contributed by atoms with Crippen LogP contribution in [0.5, 0.6) is 0 Å². The third kappa shape index (κ3) is 4.89. The zero-order chi connectivity index (χ0) is 24.6. The van der Waals surface area contributed by atoms with Crippen molar-refractivity contribution in [3.8, 4) is 22.4 Å². The van der Waals surface area contributed by atoms with Crippen LogP contribution in [0.25, 0.3) is 22.4 Å². The van der Waals surface area contributed by atoms with Crippen LogP contribution in [0.15, 0.2) is 61.3 Å². The van der Waals surface area contributed by atoms with Crippen LogP contribution in [-0.2, 0) is 24.2 Å². The molecule has 5 heterocycles. The number of carbonyl (C=O) groups excluding carboxylic acids is 1. The van der Waals surface area contributed by atoms with Gasteiger partial charge in [-0.25, -0.2) is 0 Å². The number of ketones is 1. The minimum Gasteiger partial charge on any atom is -0.299 e. The summed E-state index contributed by atoms with van der Waals surface area (Å²) in [5, 5.41) is 5.18. The number of aromatic nitrogens is 5. The van der Waals surface area contributed by atoms with E-state index in [1.165, 1.54) is 5.69 Å². The van der Waals surface area contributed by atoms with Crippen LogP contribution in [0, 0.1) is 5.41 Å². The van der Waals surface area contributed by atoms with Crippen LogP contribution in [0.1, 0.15) is 50.1 Å². The van der Waals surface area contributed by atoms with Gasteiger partial charge in [-0.3, -0.25) is 24.4 Å². The fourth-order valence-corrected chi connectivity index (χ4v) is 4.90. The van der Waals surface area contributed by atoms with Crippen molar-refractivity contribution < 1.29 is 4.79 Å². The number of fused-ring (bicyclic) bond motifs is 1. The summed E-state index contributed by atoms with van der Waals surface area (Å²) in [6.45, 7) is 7.34. The third-order valence-electron chi connectivity index (χ3n) is 6.73. The second-order valence-electron chi connectivity index (χ2n) is 10.1. The van der Waals surface area contributed by atoms with Gasteiger partial charge in [0.1, 0.15) is 5.78 Å². The molecule has 6 nitrogen and oxygen atoms in total. The minimum atomic E-state index is -0.238. The maximum Gasteiger partial charge on any atom is 0.140 e. The standard InChI is InChI=1S/C28H28ClN5O/c1-18(19-6-8-25(32-14-19)20-5-4-10-30-13-20)27(35)9-7-21-11-22(24(29)16-31-21)23-15-33-34-17-28(2,3)12-26(23)34/h4-6,8,10-11,13-16,18H,7,9,12,17H2,1-3H3/t18-/m1/s1. The Hall–Kier alpha value is -3.38. The molecule has 0 unspecified atom stereocenters. The normalized spacial score (nSPS) is 15.1. The van der Waals surface area contributed by atoms with Gasteiger partial charge in [-0.15, -0.1) is 0 Å². The van der Waals surface area contributed by atoms with Crippen molar-refractivity contribution in [3.63, 3.8) is 0 Å². The molecule has 0 spiro atoms. The largest absolute Gasteiger partial charge is 0.299 e. The molecule has 5 rings (SSSR count). The van der Waals surface area contributed by atoms with E-state index < -0.39 is 0 Å². The van der Waals surface area contributed by atoms with Gasteiger partial charge >= 0.3 is 0 Å². The van der Waals surface area contributed by atoms with E-state index in [0.717, 1.165) is 46.6 Å². The highest BCUT2D eigenvalue weighted by Crippen LogP contribution is 2.39. The zero-order valence-electron chi connectivity index (χ0n) is 20.2. The van der Waals surface area contributed by atoms with Crippen LogP contribution in [0.3, 0.4) is 0 Å². The predicted molar refractivity (Wildman–Crippen MR) is 137 cm³/mol. The van der Waals surface area contributed by atoms with Crippen LogP contribution in [0.2, 0.25) is 5.02 Å². The summed E-state index contributed by atoms with van der Waals surface area (Å²) in [6, 6.07) is 9.77. The van der Waals surface area contributed by atoms with E-state index in [1.807, 2.05) is 43.5 Å². The Morgan fingerprint density at radius 3 is 2.71 bits per heavy atom. The molecule has 4 aromatic heterocycles. The summed E-state index contributed by atoms with van der Waals surface area (Å²) >= 11 is 6.53. The van der Waals surface area contributed by atoms with Crippen molar-refractivity contribution in [3.05, 3.63) is 83.3 Å². The maximum absolute atomic E-state index is 13.0. The first-order valence-electron chi connectivity index (χ1n) is 11.9. The highest BCUT2D eigenvalue weighted by Gasteiger charge is 2.32. The molecule has 0 fully saturated rings. The first-order chi connectivity index (χ1) is 16.8. The molecule has 0 saturated carbocycles. The van der Waals surface area contributed by atoms with Gasteiger partial charge in [0.15, 0.2) is 0 Å². The summed E-state index contributed by atoms with van der Waals surface area (Å²) in [7, 11) is 0. The smallest absolute Gasteiger partial charge is 0.140 e. The number of aryl methyl sites for hydroxylation is 1. The fraction of sp³-hybridized carbons (Fsp3) is 0.321. The van der Waals surface area contributed by atoms with E-state index in [1.54, 1.807) is 24.8 Å². The molecule has 1 aliphatic rings. The van der Waals surface area contributed by atoms with Crippen molar-refractivity contribution in [1.82, 2.24) is 24.7 Å². The van der Waals surface area contributed by atoms with Gasteiger partial charge in [0.25, 0.3) is 0 Å². The van der Waals surface area contributed by atoms with Crippen LogP contribution in [0.4, 0.5) is 0 Å². The highest BCUT2D eigenvalue weighted by molar-refractivity contribution is 6.33. The monoisotopic (exact) mass is 485 g/mol. The van der Waals surface area contributed by atoms with Gasteiger partial charge in [-0.05, 0) is 48.1 Å². The van der Waals surface area contributed by atoms with Crippen LogP contribution >= 0.6 is 11.6 Å². The first kappa shape index (κ1) is 23.4. The van der Waals surface area contributed by atoms with E-state index in [2.05, 4.69) is 38.6 Å². The quantitative estimate of drug-likeness (QED) is 0.323. The number of halogens is 1. The second-order valence-corrected chi connectivity index (χ2v) is 10.5. The van der Waals surface area contributed by atoms with E-state index >= 15 is 0 Å². The Morgan fingerprint density at radius 2 is 1.97 bits per heavy atom. The van der Waals surface area contributed by atoms with Crippen molar-refractivity contribution >= 4 is 17.4 Å². The van der Waals surface area contributed by atoms with Crippen molar-refractivity contribution in [2.75, 3.05) is 0 Å². The molecule has 35 heavy (non-hydrogen) atoms. The molecular formula is C28H28ClN5O. The number of nitrogens with zero attached hydrogens (tertiary/aromatic N) is 5. The molecule has 0 aromatic carbocycles. The Morgan fingerprint density at radius 1 is 1.11 bits per heavy atom. The lowest BCUT2D eigenvalue weighted by molar-refractivity contribution is -0.120. The molecule has 0 amide bonds. The van der Waals surface area contributed by atoms with Crippen molar-refractivity contribution in [2.45, 2.75) is 52.5 Å². The second kappa shape index (κ2) is 9.34. The molecule has 4 aromatic rings. The summed E-state index contributed by atoms with van der Waals surface area (Å²) < 4.78 is 2.07. The molecule has 0 radical (unpaired) electrons. The molecule has 0 aliphatic carbocycles. The lowest BCUT2D eigenvalue weighted by Gasteiger charge is -2.15. The number of carbonyl (C=O) groups is 1. The fourth-order valence-electron chi connectivity index (χ4n) is 4.70. The molecule has 178 valence electrons. The van der Waals surface area contributed by atoms with Gasteiger partial charge < -0.3 is 0 Å². The number of hydrogen-bond acceptors (Lipinski definition) is 5. The third-order valence-corrected chi connectivity index (χ3v) is 7.03. The van der Waals surface area contributed by atoms with Gasteiger partial charge in [0, 0.05) is 71.7 Å². The summed E-state index contributed by atoms with van der Waals surface area (Å²) in [5.41, 5.74) is 6.95. The molecule has 7 heteroatoms. The van der Waals surface area contributed by atoms with Crippen LogP contribution < -0.4 is 0 Å². The lowest BCUT2D eigenvalue weighted by Crippen LogP contribution is -2.12. The van der Waals surface area contributed by atoms with E-state index in [0.29, 0.717) is 17.9 Å². The van der Waals surface area contributed by atoms with Crippen molar-refractivity contribution in [1.29, 1.82) is 0 Å². The highest BCUT2D eigenvalue weighted by atomic mass is 35.5. The summed E-state index contributed by atoms with van der Waals surface area (Å²) in [4.78, 5) is 26.1. The Labute approximate surface area is 210 Å². The first-order valence-corrected chi connectivity index (χ1v) is 12.3. The molecular weight excluding hydrogens is 458 g/mol. The SMILES string of the molecule is C[C@@H](C(=O)CCc1cc(-c2cnn3c2CC(C)(C)C3)c(Cl)cn1)c1ccc(-c2cccnc2)nc1.